The van der Waals surface area contributed by atoms with Gasteiger partial charge in [0.1, 0.15) is 0 Å². The SMILES string of the molecule is CC(C)CN1CCN(c2ccc(NS(C)(=O)=O)cc2)CC1. The largest absolute Gasteiger partial charge is 0.369 e. The molecule has 21 heavy (non-hydrogen) atoms. The van der Waals surface area contributed by atoms with E-state index in [2.05, 4.69) is 28.4 Å². The molecule has 0 amide bonds. The number of hydrogen-bond acceptors (Lipinski definition) is 4. The first-order valence-corrected chi connectivity index (χ1v) is 9.28. The maximum Gasteiger partial charge on any atom is 0.229 e. The van der Waals surface area contributed by atoms with Crippen LogP contribution >= 0.6 is 0 Å². The Kier molecular flexibility index (Phi) is 5.11. The zero-order valence-electron chi connectivity index (χ0n) is 13.0. The van der Waals surface area contributed by atoms with Crippen LogP contribution in [0.15, 0.2) is 24.3 Å². The molecule has 0 aromatic heterocycles. The van der Waals surface area contributed by atoms with Gasteiger partial charge in [-0.1, -0.05) is 13.8 Å². The first-order valence-electron chi connectivity index (χ1n) is 7.38. The lowest BCUT2D eigenvalue weighted by atomic mass is 10.2. The number of rotatable bonds is 5. The van der Waals surface area contributed by atoms with Gasteiger partial charge in [0.15, 0.2) is 0 Å². The highest BCUT2D eigenvalue weighted by Crippen LogP contribution is 2.20. The Hall–Kier alpha value is -1.27. The Morgan fingerprint density at radius 3 is 2.14 bits per heavy atom. The molecule has 0 unspecified atom stereocenters. The Morgan fingerprint density at radius 1 is 1.10 bits per heavy atom. The predicted molar refractivity (Wildman–Crippen MR) is 88.4 cm³/mol. The van der Waals surface area contributed by atoms with Crippen LogP contribution < -0.4 is 9.62 Å². The van der Waals surface area contributed by atoms with E-state index in [0.717, 1.165) is 44.7 Å². The summed E-state index contributed by atoms with van der Waals surface area (Å²) in [6, 6.07) is 7.59. The van der Waals surface area contributed by atoms with Gasteiger partial charge in [-0.2, -0.15) is 0 Å². The number of nitrogens with zero attached hydrogens (tertiary/aromatic N) is 2. The van der Waals surface area contributed by atoms with Crippen LogP contribution in [-0.2, 0) is 10.0 Å². The highest BCUT2D eigenvalue weighted by Gasteiger charge is 2.17. The van der Waals surface area contributed by atoms with Crippen molar-refractivity contribution in [3.63, 3.8) is 0 Å². The lowest BCUT2D eigenvalue weighted by Gasteiger charge is -2.36. The normalized spacial score (nSPS) is 17.2. The lowest BCUT2D eigenvalue weighted by molar-refractivity contribution is 0.231. The number of hydrogen-bond donors (Lipinski definition) is 1. The number of nitrogens with one attached hydrogen (secondary N) is 1. The van der Waals surface area contributed by atoms with Crippen LogP contribution in [-0.4, -0.2) is 52.3 Å². The minimum Gasteiger partial charge on any atom is -0.369 e. The topological polar surface area (TPSA) is 52.6 Å². The van der Waals surface area contributed by atoms with Crippen molar-refractivity contribution >= 4 is 21.4 Å². The summed E-state index contributed by atoms with van der Waals surface area (Å²) in [4.78, 5) is 4.85. The van der Waals surface area contributed by atoms with Crippen LogP contribution in [0, 0.1) is 5.92 Å². The fraction of sp³-hybridized carbons (Fsp3) is 0.600. The minimum absolute atomic E-state index is 0.611. The fourth-order valence-corrected chi connectivity index (χ4v) is 3.22. The van der Waals surface area contributed by atoms with Gasteiger partial charge in [0.25, 0.3) is 0 Å². The molecule has 1 aliphatic rings. The molecule has 118 valence electrons. The van der Waals surface area contributed by atoms with E-state index in [1.165, 1.54) is 0 Å². The van der Waals surface area contributed by atoms with Gasteiger partial charge in [-0.25, -0.2) is 8.42 Å². The molecule has 0 aliphatic carbocycles. The molecule has 0 atom stereocenters. The number of benzene rings is 1. The van der Waals surface area contributed by atoms with E-state index in [1.54, 1.807) is 0 Å². The van der Waals surface area contributed by atoms with Gasteiger partial charge in [-0.3, -0.25) is 9.62 Å². The summed E-state index contributed by atoms with van der Waals surface area (Å²) in [7, 11) is -3.20. The molecule has 0 radical (unpaired) electrons. The summed E-state index contributed by atoms with van der Waals surface area (Å²) in [6.45, 7) is 9.87. The van der Waals surface area contributed by atoms with Gasteiger partial charge < -0.3 is 4.90 Å². The standard InChI is InChI=1S/C15H25N3O2S/c1-13(2)12-17-8-10-18(11-9-17)15-6-4-14(5-7-15)16-21(3,19)20/h4-7,13,16H,8-12H2,1-3H3. The molecule has 1 aromatic carbocycles. The van der Waals surface area contributed by atoms with E-state index < -0.39 is 10.0 Å². The molecule has 0 spiro atoms. The fourth-order valence-electron chi connectivity index (χ4n) is 2.66. The molecule has 6 heteroatoms. The maximum atomic E-state index is 11.2. The summed E-state index contributed by atoms with van der Waals surface area (Å²) in [5.41, 5.74) is 1.76. The molecule has 1 fully saturated rings. The number of piperazine rings is 1. The smallest absolute Gasteiger partial charge is 0.229 e. The second-order valence-corrected chi connectivity index (χ2v) is 7.85. The molecular weight excluding hydrogens is 286 g/mol. The van der Waals surface area contributed by atoms with Gasteiger partial charge in [0.2, 0.25) is 10.0 Å². The van der Waals surface area contributed by atoms with Crippen LogP contribution in [0.25, 0.3) is 0 Å². The maximum absolute atomic E-state index is 11.2. The number of anilines is 2. The van der Waals surface area contributed by atoms with Crippen LogP contribution in [0.2, 0.25) is 0 Å². The molecule has 5 nitrogen and oxygen atoms in total. The highest BCUT2D eigenvalue weighted by atomic mass is 32.2. The van der Waals surface area contributed by atoms with Gasteiger partial charge in [0, 0.05) is 44.1 Å². The summed E-state index contributed by atoms with van der Waals surface area (Å²) < 4.78 is 24.9. The average molecular weight is 311 g/mol. The molecule has 2 rings (SSSR count). The quantitative estimate of drug-likeness (QED) is 0.901. The third-order valence-electron chi connectivity index (χ3n) is 3.53. The van der Waals surface area contributed by atoms with E-state index in [4.69, 9.17) is 0 Å². The highest BCUT2D eigenvalue weighted by molar-refractivity contribution is 7.92. The molecule has 1 saturated heterocycles. The molecule has 0 saturated carbocycles. The molecule has 1 aromatic rings. The van der Waals surface area contributed by atoms with E-state index in [0.29, 0.717) is 11.6 Å². The molecule has 0 bridgehead atoms. The van der Waals surface area contributed by atoms with Gasteiger partial charge in [0.05, 0.1) is 6.26 Å². The third kappa shape index (κ3) is 5.21. The first-order chi connectivity index (χ1) is 9.83. The Bertz CT molecular complexity index is 547. The number of sulfonamides is 1. The van der Waals surface area contributed by atoms with Crippen molar-refractivity contribution in [3.8, 4) is 0 Å². The third-order valence-corrected chi connectivity index (χ3v) is 4.14. The summed E-state index contributed by atoms with van der Waals surface area (Å²) in [5, 5.41) is 0. The lowest BCUT2D eigenvalue weighted by Crippen LogP contribution is -2.47. The molecule has 1 aliphatic heterocycles. The Balaban J connectivity index is 1.92. The zero-order chi connectivity index (χ0) is 15.5. The van der Waals surface area contributed by atoms with Gasteiger partial charge >= 0.3 is 0 Å². The summed E-state index contributed by atoms with van der Waals surface area (Å²) in [6.07, 6.45) is 1.16. The van der Waals surface area contributed by atoms with Gasteiger partial charge in [-0.15, -0.1) is 0 Å². The van der Waals surface area contributed by atoms with Crippen molar-refractivity contribution in [1.82, 2.24) is 4.90 Å². The first kappa shape index (κ1) is 16.1. The second kappa shape index (κ2) is 6.66. The van der Waals surface area contributed by atoms with Crippen molar-refractivity contribution in [2.75, 3.05) is 48.6 Å². The summed E-state index contributed by atoms with van der Waals surface area (Å²) >= 11 is 0. The zero-order valence-corrected chi connectivity index (χ0v) is 13.9. The summed E-state index contributed by atoms with van der Waals surface area (Å²) in [5.74, 6) is 0.706. The molecule has 1 heterocycles. The Labute approximate surface area is 128 Å². The van der Waals surface area contributed by atoms with Gasteiger partial charge in [-0.05, 0) is 30.2 Å². The van der Waals surface area contributed by atoms with Crippen LogP contribution in [0.4, 0.5) is 11.4 Å². The van der Waals surface area contributed by atoms with E-state index in [1.807, 2.05) is 24.3 Å². The van der Waals surface area contributed by atoms with Crippen molar-refractivity contribution in [2.45, 2.75) is 13.8 Å². The predicted octanol–water partition coefficient (Wildman–Crippen LogP) is 1.84. The van der Waals surface area contributed by atoms with Crippen LogP contribution in [0.3, 0.4) is 0 Å². The molecular formula is C15H25N3O2S. The van der Waals surface area contributed by atoms with Crippen LogP contribution in [0.1, 0.15) is 13.8 Å². The van der Waals surface area contributed by atoms with Crippen molar-refractivity contribution < 1.29 is 8.42 Å². The van der Waals surface area contributed by atoms with Crippen LogP contribution in [0.5, 0.6) is 0 Å². The monoisotopic (exact) mass is 311 g/mol. The minimum atomic E-state index is -3.20. The van der Waals surface area contributed by atoms with E-state index in [-0.39, 0.29) is 0 Å². The Morgan fingerprint density at radius 2 is 1.67 bits per heavy atom. The van der Waals surface area contributed by atoms with E-state index >= 15 is 0 Å². The van der Waals surface area contributed by atoms with Crippen molar-refractivity contribution in [3.05, 3.63) is 24.3 Å². The molecule has 1 N–H and O–H groups in total. The van der Waals surface area contributed by atoms with Crippen molar-refractivity contribution in [2.24, 2.45) is 5.92 Å². The van der Waals surface area contributed by atoms with Crippen molar-refractivity contribution in [1.29, 1.82) is 0 Å². The average Bonchev–Trinajstić information content (AvgIpc) is 2.38. The van der Waals surface area contributed by atoms with E-state index in [9.17, 15) is 8.42 Å². The second-order valence-electron chi connectivity index (χ2n) is 6.10.